The van der Waals surface area contributed by atoms with Crippen molar-refractivity contribution in [3.05, 3.63) is 130 Å². The number of nitrogens with one attached hydrogen (secondary N) is 1. The molecule has 47 heavy (non-hydrogen) atoms. The molecule has 0 aromatic heterocycles. The summed E-state index contributed by atoms with van der Waals surface area (Å²) in [6.45, 7) is 1.41. The molecule has 0 spiro atoms. The lowest BCUT2D eigenvalue weighted by atomic mass is 9.94. The fourth-order valence-electron chi connectivity index (χ4n) is 5.93. The van der Waals surface area contributed by atoms with Gasteiger partial charge in [-0.2, -0.15) is 0 Å². The first kappa shape index (κ1) is 34.5. The molecule has 0 unspecified atom stereocenters. The molecule has 1 saturated carbocycles. The fourth-order valence-corrected chi connectivity index (χ4v) is 7.59. The minimum atomic E-state index is -4.21. The number of rotatable bonds is 12. The van der Waals surface area contributed by atoms with Gasteiger partial charge < -0.3 is 10.2 Å². The lowest BCUT2D eigenvalue weighted by Gasteiger charge is -2.35. The molecular weight excluding hydrogens is 653 g/mol. The normalized spacial score (nSPS) is 14.3. The van der Waals surface area contributed by atoms with Gasteiger partial charge in [0.05, 0.1) is 10.6 Å². The first-order valence-corrected chi connectivity index (χ1v) is 18.0. The molecule has 1 atom stereocenters. The number of benzene rings is 4. The van der Waals surface area contributed by atoms with Gasteiger partial charge in [-0.3, -0.25) is 13.9 Å². The van der Waals surface area contributed by atoms with Gasteiger partial charge in [-0.1, -0.05) is 97.1 Å². The van der Waals surface area contributed by atoms with E-state index in [1.54, 1.807) is 30.3 Å². The summed E-state index contributed by atoms with van der Waals surface area (Å²) in [6.07, 6.45) is 5.24. The second-order valence-electron chi connectivity index (χ2n) is 12.0. The van der Waals surface area contributed by atoms with Gasteiger partial charge in [0.15, 0.2) is 0 Å². The number of nitrogens with zero attached hydrogens (tertiary/aromatic N) is 2. The molecule has 1 aliphatic carbocycles. The topological polar surface area (TPSA) is 86.8 Å². The van der Waals surface area contributed by atoms with Crippen molar-refractivity contribution in [2.75, 3.05) is 10.8 Å². The van der Waals surface area contributed by atoms with Crippen LogP contribution < -0.4 is 9.62 Å². The maximum atomic E-state index is 14.6. The van der Waals surface area contributed by atoms with E-state index in [-0.39, 0.29) is 29.8 Å². The number of hydrogen-bond donors (Lipinski definition) is 1. The summed E-state index contributed by atoms with van der Waals surface area (Å²) in [6, 6.07) is 28.6. The van der Waals surface area contributed by atoms with Crippen LogP contribution in [0.2, 0.25) is 10.0 Å². The zero-order valence-electron chi connectivity index (χ0n) is 26.3. The zero-order valence-corrected chi connectivity index (χ0v) is 28.6. The van der Waals surface area contributed by atoms with Crippen LogP contribution in [0, 0.1) is 6.92 Å². The molecule has 0 radical (unpaired) electrons. The molecule has 0 bridgehead atoms. The molecule has 246 valence electrons. The van der Waals surface area contributed by atoms with Gasteiger partial charge >= 0.3 is 0 Å². The molecule has 10 heteroatoms. The van der Waals surface area contributed by atoms with E-state index in [1.165, 1.54) is 29.2 Å². The van der Waals surface area contributed by atoms with Gasteiger partial charge in [0.2, 0.25) is 11.8 Å². The SMILES string of the molecule is Cc1cccc(N(CC(=O)N(Cc2ccc(Cl)cc2)[C@H](Cc2ccccc2)C(=O)NC2CCCCC2)S(=O)(=O)c2ccc(Cl)cc2)c1. The highest BCUT2D eigenvalue weighted by Crippen LogP contribution is 2.27. The van der Waals surface area contributed by atoms with E-state index in [0.29, 0.717) is 15.7 Å². The van der Waals surface area contributed by atoms with Crippen molar-refractivity contribution < 1.29 is 18.0 Å². The first-order valence-electron chi connectivity index (χ1n) is 15.8. The van der Waals surface area contributed by atoms with Crippen LogP contribution in [0.4, 0.5) is 5.69 Å². The fraction of sp³-hybridized carbons (Fsp3) is 0.297. The number of carbonyl (C=O) groups excluding carboxylic acids is 2. The number of anilines is 1. The van der Waals surface area contributed by atoms with Gasteiger partial charge in [0, 0.05) is 29.1 Å². The number of hydrogen-bond acceptors (Lipinski definition) is 4. The molecule has 4 aromatic carbocycles. The van der Waals surface area contributed by atoms with E-state index >= 15 is 0 Å². The van der Waals surface area contributed by atoms with Crippen LogP contribution in [0.15, 0.2) is 108 Å². The summed E-state index contributed by atoms with van der Waals surface area (Å²) in [4.78, 5) is 30.3. The van der Waals surface area contributed by atoms with Crippen LogP contribution in [0.5, 0.6) is 0 Å². The van der Waals surface area contributed by atoms with Gasteiger partial charge in [-0.15, -0.1) is 0 Å². The van der Waals surface area contributed by atoms with Crippen LogP contribution in [-0.4, -0.2) is 43.8 Å². The van der Waals surface area contributed by atoms with Crippen molar-refractivity contribution in [1.29, 1.82) is 0 Å². The number of carbonyl (C=O) groups is 2. The summed E-state index contributed by atoms with van der Waals surface area (Å²) < 4.78 is 29.5. The Kier molecular flexibility index (Phi) is 11.6. The first-order chi connectivity index (χ1) is 22.6. The van der Waals surface area contributed by atoms with Crippen molar-refractivity contribution in [2.24, 2.45) is 0 Å². The number of amides is 2. The quantitative estimate of drug-likeness (QED) is 0.166. The van der Waals surface area contributed by atoms with Gasteiger partial charge in [-0.05, 0) is 85.0 Å². The van der Waals surface area contributed by atoms with Gasteiger partial charge in [0.25, 0.3) is 10.0 Å². The second-order valence-corrected chi connectivity index (χ2v) is 14.7. The maximum absolute atomic E-state index is 14.6. The molecule has 0 saturated heterocycles. The Morgan fingerprint density at radius 3 is 2.09 bits per heavy atom. The van der Waals surface area contributed by atoms with E-state index in [1.807, 2.05) is 55.5 Å². The highest BCUT2D eigenvalue weighted by atomic mass is 35.5. The molecule has 0 aliphatic heterocycles. The molecule has 7 nitrogen and oxygen atoms in total. The van der Waals surface area contributed by atoms with Crippen LogP contribution in [-0.2, 0) is 32.6 Å². The van der Waals surface area contributed by atoms with Crippen LogP contribution in [0.3, 0.4) is 0 Å². The predicted molar refractivity (Wildman–Crippen MR) is 188 cm³/mol. The second kappa shape index (κ2) is 15.8. The summed E-state index contributed by atoms with van der Waals surface area (Å²) in [5, 5.41) is 4.16. The molecule has 1 fully saturated rings. The standard InChI is InChI=1S/C37H39Cl2N3O4S/c1-27-9-8-14-33(23-27)42(47(45,46)34-21-19-31(39)20-22-34)26-36(43)41(25-29-15-17-30(38)18-16-29)35(24-28-10-4-2-5-11-28)37(44)40-32-12-6-3-7-13-32/h2,4-5,8-11,14-23,32,35H,3,6-7,12-13,24-26H2,1H3,(H,40,44)/t35-/m1/s1. The Morgan fingerprint density at radius 1 is 0.809 bits per heavy atom. The Morgan fingerprint density at radius 2 is 1.45 bits per heavy atom. The van der Waals surface area contributed by atoms with E-state index in [0.717, 1.165) is 53.1 Å². The average Bonchev–Trinajstić information content (AvgIpc) is 3.07. The third-order valence-electron chi connectivity index (χ3n) is 8.46. The molecule has 1 N–H and O–H groups in total. The third kappa shape index (κ3) is 9.15. The number of sulfonamides is 1. The van der Waals surface area contributed by atoms with Crippen molar-refractivity contribution in [1.82, 2.24) is 10.2 Å². The van der Waals surface area contributed by atoms with E-state index in [2.05, 4.69) is 5.32 Å². The molecule has 1 aliphatic rings. The number of aryl methyl sites for hydroxylation is 1. The van der Waals surface area contributed by atoms with Crippen LogP contribution in [0.25, 0.3) is 0 Å². The summed E-state index contributed by atoms with van der Waals surface area (Å²) >= 11 is 12.3. The summed E-state index contributed by atoms with van der Waals surface area (Å²) in [5.41, 5.74) is 2.81. The van der Waals surface area contributed by atoms with Crippen LogP contribution >= 0.6 is 23.2 Å². The van der Waals surface area contributed by atoms with Crippen molar-refractivity contribution in [3.63, 3.8) is 0 Å². The zero-order chi connectivity index (χ0) is 33.4. The molecule has 2 amide bonds. The highest BCUT2D eigenvalue weighted by molar-refractivity contribution is 7.92. The lowest BCUT2D eigenvalue weighted by molar-refractivity contribution is -0.140. The van der Waals surface area contributed by atoms with E-state index < -0.39 is 28.5 Å². The Bertz CT molecular complexity index is 1760. The summed E-state index contributed by atoms with van der Waals surface area (Å²) in [5.74, 6) is -0.774. The van der Waals surface area contributed by atoms with Crippen molar-refractivity contribution >= 4 is 50.7 Å². The Labute approximate surface area is 287 Å². The molecule has 5 rings (SSSR count). The summed E-state index contributed by atoms with van der Waals surface area (Å²) in [7, 11) is -4.21. The van der Waals surface area contributed by atoms with Gasteiger partial charge in [-0.25, -0.2) is 8.42 Å². The minimum Gasteiger partial charge on any atom is -0.352 e. The van der Waals surface area contributed by atoms with E-state index in [4.69, 9.17) is 23.2 Å². The predicted octanol–water partition coefficient (Wildman–Crippen LogP) is 7.59. The maximum Gasteiger partial charge on any atom is 0.264 e. The van der Waals surface area contributed by atoms with Crippen molar-refractivity contribution in [3.8, 4) is 0 Å². The Balaban J connectivity index is 1.56. The van der Waals surface area contributed by atoms with Crippen molar-refractivity contribution in [2.45, 2.75) is 69.0 Å². The molecule has 0 heterocycles. The molecular formula is C37H39Cl2N3O4S. The Hall–Kier alpha value is -3.85. The highest BCUT2D eigenvalue weighted by Gasteiger charge is 2.35. The third-order valence-corrected chi connectivity index (χ3v) is 10.8. The monoisotopic (exact) mass is 691 g/mol. The van der Waals surface area contributed by atoms with Gasteiger partial charge in [0.1, 0.15) is 12.6 Å². The number of halogens is 2. The smallest absolute Gasteiger partial charge is 0.264 e. The minimum absolute atomic E-state index is 0.00339. The van der Waals surface area contributed by atoms with E-state index in [9.17, 15) is 18.0 Å². The van der Waals surface area contributed by atoms with Crippen LogP contribution in [0.1, 0.15) is 48.8 Å². The lowest BCUT2D eigenvalue weighted by Crippen LogP contribution is -2.55. The average molecular weight is 693 g/mol. The largest absolute Gasteiger partial charge is 0.352 e. The molecule has 4 aromatic rings.